The van der Waals surface area contributed by atoms with E-state index in [1.807, 2.05) is 31.2 Å². The third kappa shape index (κ3) is 5.28. The highest BCUT2D eigenvalue weighted by molar-refractivity contribution is 5.95. The minimum Gasteiger partial charge on any atom is -0.463 e. The highest BCUT2D eigenvalue weighted by atomic mass is 16.5. The van der Waals surface area contributed by atoms with Crippen LogP contribution in [-0.4, -0.2) is 92.7 Å². The fraction of sp³-hybridized carbons (Fsp3) is 0.522. The van der Waals surface area contributed by atoms with E-state index in [-0.39, 0.29) is 25.2 Å². The van der Waals surface area contributed by atoms with E-state index in [4.69, 9.17) is 9.47 Å². The Morgan fingerprint density at radius 2 is 1.78 bits per heavy atom. The van der Waals surface area contributed by atoms with Crippen molar-refractivity contribution in [2.24, 2.45) is 0 Å². The lowest BCUT2D eigenvalue weighted by molar-refractivity contribution is -0.139. The van der Waals surface area contributed by atoms with Gasteiger partial charge in [-0.15, -0.1) is 0 Å². The molecule has 1 fully saturated rings. The molecule has 1 atom stereocenters. The molecule has 1 N–H and O–H groups in total. The summed E-state index contributed by atoms with van der Waals surface area (Å²) < 4.78 is 10.3. The smallest absolute Gasteiger partial charge is 0.338 e. The van der Waals surface area contributed by atoms with Gasteiger partial charge in [0.15, 0.2) is 0 Å². The summed E-state index contributed by atoms with van der Waals surface area (Å²) in [6.45, 7) is 6.89. The molecule has 9 nitrogen and oxygen atoms in total. The molecule has 0 bridgehead atoms. The topological polar surface area (TPSA) is 91.4 Å². The van der Waals surface area contributed by atoms with E-state index in [9.17, 15) is 14.4 Å². The largest absolute Gasteiger partial charge is 0.463 e. The molecule has 2 aliphatic rings. The van der Waals surface area contributed by atoms with Gasteiger partial charge in [-0.2, -0.15) is 0 Å². The number of ether oxygens (including phenoxy) is 2. The zero-order chi connectivity index (χ0) is 23.3. The van der Waals surface area contributed by atoms with Crippen LogP contribution in [-0.2, 0) is 19.1 Å². The first-order valence-corrected chi connectivity index (χ1v) is 10.9. The highest BCUT2D eigenvalue weighted by Crippen LogP contribution is 2.31. The minimum atomic E-state index is -0.585. The van der Waals surface area contributed by atoms with Crippen LogP contribution in [0.3, 0.4) is 0 Å². The van der Waals surface area contributed by atoms with Crippen LogP contribution in [0.1, 0.15) is 24.1 Å². The number of rotatable bonds is 7. The number of hydrogen-bond donors (Lipinski definition) is 1. The average molecular weight is 445 g/mol. The third-order valence-electron chi connectivity index (χ3n) is 5.85. The molecule has 2 aliphatic heterocycles. The summed E-state index contributed by atoms with van der Waals surface area (Å²) in [7, 11) is 3.17. The van der Waals surface area contributed by atoms with Crippen molar-refractivity contribution in [3.8, 4) is 0 Å². The standard InChI is InChI=1S/C23H32N4O5/c1-5-32-22(29)20-18(14-26-10-12-27(13-11-26)19(28)15-31-4)25(3)23(30)24-21(20)17-8-6-16(2)7-9-17/h6-9,21H,5,10-15H2,1-4H3,(H,24,30). The Hall–Kier alpha value is -2.91. The van der Waals surface area contributed by atoms with Gasteiger partial charge < -0.3 is 19.7 Å². The first kappa shape index (κ1) is 23.7. The van der Waals surface area contributed by atoms with Gasteiger partial charge in [-0.05, 0) is 19.4 Å². The van der Waals surface area contributed by atoms with Gasteiger partial charge in [0.1, 0.15) is 6.61 Å². The van der Waals surface area contributed by atoms with Crippen molar-refractivity contribution in [1.82, 2.24) is 20.0 Å². The molecule has 0 spiro atoms. The maximum atomic E-state index is 13.0. The van der Waals surface area contributed by atoms with Crippen LogP contribution >= 0.6 is 0 Å². The third-order valence-corrected chi connectivity index (χ3v) is 5.85. The Kier molecular flexibility index (Phi) is 7.87. The molecule has 174 valence electrons. The Balaban J connectivity index is 1.88. The van der Waals surface area contributed by atoms with Crippen molar-refractivity contribution < 1.29 is 23.9 Å². The van der Waals surface area contributed by atoms with Crippen LogP contribution < -0.4 is 5.32 Å². The molecule has 1 saturated heterocycles. The first-order valence-electron chi connectivity index (χ1n) is 10.9. The van der Waals surface area contributed by atoms with E-state index in [1.54, 1.807) is 18.9 Å². The zero-order valence-corrected chi connectivity index (χ0v) is 19.2. The van der Waals surface area contributed by atoms with Crippen LogP contribution in [0.25, 0.3) is 0 Å². The van der Waals surface area contributed by atoms with E-state index in [0.29, 0.717) is 44.0 Å². The monoisotopic (exact) mass is 444 g/mol. The summed E-state index contributed by atoms with van der Waals surface area (Å²) >= 11 is 0. The zero-order valence-electron chi connectivity index (χ0n) is 19.2. The second kappa shape index (κ2) is 10.6. The van der Waals surface area contributed by atoms with Crippen molar-refractivity contribution in [3.63, 3.8) is 0 Å². The van der Waals surface area contributed by atoms with Gasteiger partial charge in [-0.25, -0.2) is 9.59 Å². The number of benzene rings is 1. The van der Waals surface area contributed by atoms with Gasteiger partial charge >= 0.3 is 12.0 Å². The summed E-state index contributed by atoms with van der Waals surface area (Å²) in [6, 6.07) is 6.90. The number of carbonyl (C=O) groups is 3. The Labute approximate surface area is 188 Å². The van der Waals surface area contributed by atoms with Crippen molar-refractivity contribution >= 4 is 17.9 Å². The summed E-state index contributed by atoms with van der Waals surface area (Å²) in [5, 5.41) is 2.94. The van der Waals surface area contributed by atoms with E-state index < -0.39 is 12.0 Å². The Bertz CT molecular complexity index is 875. The highest BCUT2D eigenvalue weighted by Gasteiger charge is 2.37. The van der Waals surface area contributed by atoms with Crippen LogP contribution in [0.2, 0.25) is 0 Å². The molecular formula is C23H32N4O5. The molecule has 32 heavy (non-hydrogen) atoms. The minimum absolute atomic E-state index is 0.0350. The molecule has 3 rings (SSSR count). The van der Waals surface area contributed by atoms with Crippen molar-refractivity contribution in [3.05, 3.63) is 46.7 Å². The number of carbonyl (C=O) groups excluding carboxylic acids is 3. The average Bonchev–Trinajstić information content (AvgIpc) is 2.78. The normalized spacial score (nSPS) is 19.8. The first-order chi connectivity index (χ1) is 15.3. The number of hydrogen-bond acceptors (Lipinski definition) is 6. The van der Waals surface area contributed by atoms with Gasteiger partial charge in [0.05, 0.1) is 18.2 Å². The van der Waals surface area contributed by atoms with Gasteiger partial charge in [-0.3, -0.25) is 14.6 Å². The molecule has 0 radical (unpaired) electrons. The van der Waals surface area contributed by atoms with Crippen LogP contribution in [0.5, 0.6) is 0 Å². The fourth-order valence-electron chi connectivity index (χ4n) is 3.99. The lowest BCUT2D eigenvalue weighted by Crippen LogP contribution is -2.53. The van der Waals surface area contributed by atoms with E-state index >= 15 is 0 Å². The number of aryl methyl sites for hydroxylation is 1. The van der Waals surface area contributed by atoms with Gasteiger partial charge in [0.25, 0.3) is 0 Å². The number of amides is 3. The number of piperazine rings is 1. The van der Waals surface area contributed by atoms with Crippen LogP contribution in [0.15, 0.2) is 35.5 Å². The van der Waals surface area contributed by atoms with Crippen LogP contribution in [0.4, 0.5) is 4.79 Å². The fourth-order valence-corrected chi connectivity index (χ4v) is 3.99. The lowest BCUT2D eigenvalue weighted by Gasteiger charge is -2.39. The SMILES string of the molecule is CCOC(=O)C1=C(CN2CCN(C(=O)COC)CC2)N(C)C(=O)NC1c1ccc(C)cc1. The number of urea groups is 1. The molecule has 0 saturated carbocycles. The molecule has 1 aromatic rings. The maximum Gasteiger partial charge on any atom is 0.338 e. The summed E-state index contributed by atoms with van der Waals surface area (Å²) in [6.07, 6.45) is 0. The number of methoxy groups -OCH3 is 1. The van der Waals surface area contributed by atoms with Gasteiger partial charge in [0.2, 0.25) is 5.91 Å². The Morgan fingerprint density at radius 3 is 2.38 bits per heavy atom. The summed E-state index contributed by atoms with van der Waals surface area (Å²) in [4.78, 5) is 43.3. The predicted octanol–water partition coefficient (Wildman–Crippen LogP) is 1.30. The van der Waals surface area contributed by atoms with Crippen molar-refractivity contribution in [1.29, 1.82) is 0 Å². The molecule has 1 unspecified atom stereocenters. The lowest BCUT2D eigenvalue weighted by atomic mass is 9.93. The second-order valence-corrected chi connectivity index (χ2v) is 8.02. The molecular weight excluding hydrogens is 412 g/mol. The number of nitrogens with zero attached hydrogens (tertiary/aromatic N) is 3. The van der Waals surface area contributed by atoms with Crippen molar-refractivity contribution in [2.75, 3.05) is 60.1 Å². The van der Waals surface area contributed by atoms with Crippen molar-refractivity contribution in [2.45, 2.75) is 19.9 Å². The summed E-state index contributed by atoms with van der Waals surface area (Å²) in [5.41, 5.74) is 2.98. The number of likely N-dealkylation sites (N-methyl/N-ethyl adjacent to an activating group) is 1. The summed E-state index contributed by atoms with van der Waals surface area (Å²) in [5.74, 6) is -0.471. The van der Waals surface area contributed by atoms with E-state index in [2.05, 4.69) is 10.2 Å². The van der Waals surface area contributed by atoms with E-state index in [0.717, 1.165) is 11.1 Å². The number of nitrogens with one attached hydrogen (secondary N) is 1. The Morgan fingerprint density at radius 1 is 1.12 bits per heavy atom. The maximum absolute atomic E-state index is 13.0. The molecule has 9 heteroatoms. The van der Waals surface area contributed by atoms with Crippen LogP contribution in [0, 0.1) is 6.92 Å². The molecule has 0 aromatic heterocycles. The quantitative estimate of drug-likeness (QED) is 0.638. The van der Waals surface area contributed by atoms with Gasteiger partial charge in [0, 0.05) is 52.6 Å². The molecule has 3 amide bonds. The predicted molar refractivity (Wildman–Crippen MR) is 119 cm³/mol. The van der Waals surface area contributed by atoms with E-state index in [1.165, 1.54) is 12.0 Å². The number of esters is 1. The molecule has 2 heterocycles. The molecule has 1 aromatic carbocycles. The molecule has 0 aliphatic carbocycles. The second-order valence-electron chi connectivity index (χ2n) is 8.02. The van der Waals surface area contributed by atoms with Gasteiger partial charge in [-0.1, -0.05) is 29.8 Å².